The molecule has 0 unspecified atom stereocenters. The molecule has 1 N–H and O–H groups in total. The minimum Gasteiger partial charge on any atom is -0.356 e. The molecule has 0 radical (unpaired) electrons. The molecule has 0 spiro atoms. The molecule has 1 aromatic rings. The molecule has 2 aliphatic rings. The van der Waals surface area contributed by atoms with Crippen LogP contribution in [0.15, 0.2) is 29.2 Å². The number of nitrogens with one attached hydrogen (secondary N) is 1. The Morgan fingerprint density at radius 1 is 1.00 bits per heavy atom. The SMILES string of the molecule is CC(=O)c1ccc(S(=O)(=O)N2CCC(C(=O)NCCCN3CCC(C)CC3)CC2)cc1. The smallest absolute Gasteiger partial charge is 0.243 e. The molecule has 0 atom stereocenters. The van der Waals surface area contributed by atoms with E-state index in [0.717, 1.165) is 32.0 Å². The third-order valence-electron chi connectivity index (χ3n) is 6.55. The number of ketones is 1. The minimum atomic E-state index is -3.61. The molecule has 2 aliphatic heterocycles. The number of rotatable bonds is 8. The number of amides is 1. The van der Waals surface area contributed by atoms with Gasteiger partial charge in [0.15, 0.2) is 5.78 Å². The molecule has 1 aromatic carbocycles. The first kappa shape index (κ1) is 23.9. The van der Waals surface area contributed by atoms with E-state index in [2.05, 4.69) is 17.1 Å². The van der Waals surface area contributed by atoms with Gasteiger partial charge in [-0.25, -0.2) is 8.42 Å². The van der Waals surface area contributed by atoms with Gasteiger partial charge in [0.05, 0.1) is 4.90 Å². The Morgan fingerprint density at radius 3 is 2.19 bits per heavy atom. The molecule has 7 nitrogen and oxygen atoms in total. The van der Waals surface area contributed by atoms with Gasteiger partial charge in [-0.05, 0) is 76.7 Å². The van der Waals surface area contributed by atoms with E-state index < -0.39 is 10.0 Å². The molecule has 0 bridgehead atoms. The Morgan fingerprint density at radius 2 is 1.61 bits per heavy atom. The van der Waals surface area contributed by atoms with Crippen LogP contribution in [-0.4, -0.2) is 68.6 Å². The first-order valence-electron chi connectivity index (χ1n) is 11.4. The van der Waals surface area contributed by atoms with Crippen molar-refractivity contribution >= 4 is 21.7 Å². The Labute approximate surface area is 186 Å². The molecule has 2 fully saturated rings. The van der Waals surface area contributed by atoms with Crippen LogP contribution in [0.25, 0.3) is 0 Å². The van der Waals surface area contributed by atoms with Crippen molar-refractivity contribution in [1.29, 1.82) is 0 Å². The number of carbonyl (C=O) groups is 2. The molecule has 0 saturated carbocycles. The summed E-state index contributed by atoms with van der Waals surface area (Å²) >= 11 is 0. The number of hydrogen-bond donors (Lipinski definition) is 1. The molecule has 3 rings (SSSR count). The van der Waals surface area contributed by atoms with Crippen molar-refractivity contribution in [2.75, 3.05) is 39.3 Å². The molecular formula is C23H35N3O4S. The highest BCUT2D eigenvalue weighted by atomic mass is 32.2. The van der Waals surface area contributed by atoms with Crippen molar-refractivity contribution < 1.29 is 18.0 Å². The lowest BCUT2D eigenvalue weighted by Gasteiger charge is -2.31. The summed E-state index contributed by atoms with van der Waals surface area (Å²) in [6.45, 7) is 8.42. The number of benzene rings is 1. The van der Waals surface area contributed by atoms with E-state index >= 15 is 0 Å². The Hall–Kier alpha value is -1.77. The Bertz CT molecular complexity index is 853. The highest BCUT2D eigenvalue weighted by Gasteiger charge is 2.32. The van der Waals surface area contributed by atoms with Crippen LogP contribution < -0.4 is 5.32 Å². The van der Waals surface area contributed by atoms with Gasteiger partial charge in [0.2, 0.25) is 15.9 Å². The van der Waals surface area contributed by atoms with E-state index in [0.29, 0.717) is 38.0 Å². The average molecular weight is 450 g/mol. The number of likely N-dealkylation sites (tertiary alicyclic amines) is 1. The molecule has 2 heterocycles. The van der Waals surface area contributed by atoms with E-state index in [1.807, 2.05) is 0 Å². The fraction of sp³-hybridized carbons (Fsp3) is 0.652. The van der Waals surface area contributed by atoms with Crippen LogP contribution in [0.3, 0.4) is 0 Å². The van der Waals surface area contributed by atoms with Crippen molar-refractivity contribution in [1.82, 2.24) is 14.5 Å². The minimum absolute atomic E-state index is 0.0372. The first-order valence-corrected chi connectivity index (χ1v) is 12.8. The van der Waals surface area contributed by atoms with E-state index in [1.165, 1.54) is 36.2 Å². The van der Waals surface area contributed by atoms with Gasteiger partial charge in [-0.2, -0.15) is 4.31 Å². The predicted octanol–water partition coefficient (Wildman–Crippen LogP) is 2.53. The van der Waals surface area contributed by atoms with Crippen LogP contribution in [0.5, 0.6) is 0 Å². The molecular weight excluding hydrogens is 414 g/mol. The van der Waals surface area contributed by atoms with Crippen LogP contribution in [0.2, 0.25) is 0 Å². The molecule has 1 amide bonds. The second-order valence-electron chi connectivity index (χ2n) is 8.93. The summed E-state index contributed by atoms with van der Waals surface area (Å²) in [6, 6.07) is 6.04. The van der Waals surface area contributed by atoms with Crippen molar-refractivity contribution in [3.05, 3.63) is 29.8 Å². The van der Waals surface area contributed by atoms with Gasteiger partial charge in [0.25, 0.3) is 0 Å². The van der Waals surface area contributed by atoms with Crippen LogP contribution in [0.4, 0.5) is 0 Å². The normalized spacial score (nSPS) is 19.9. The van der Waals surface area contributed by atoms with Crippen molar-refractivity contribution in [3.63, 3.8) is 0 Å². The summed E-state index contributed by atoms with van der Waals surface area (Å²) in [7, 11) is -3.61. The zero-order valence-corrected chi connectivity index (χ0v) is 19.5. The quantitative estimate of drug-likeness (QED) is 0.487. The second-order valence-corrected chi connectivity index (χ2v) is 10.9. The standard InChI is InChI=1S/C23H35N3O4S/c1-18-8-14-25(15-9-18)13-3-12-24-23(28)21-10-16-26(17-11-21)31(29,30)22-6-4-20(5-7-22)19(2)27/h4-7,18,21H,3,8-17H2,1-2H3,(H,24,28). The fourth-order valence-corrected chi connectivity index (χ4v) is 5.78. The van der Waals surface area contributed by atoms with Gasteiger partial charge in [0, 0.05) is 31.1 Å². The molecule has 2 saturated heterocycles. The number of nitrogens with zero attached hydrogens (tertiary/aromatic N) is 2. The zero-order valence-electron chi connectivity index (χ0n) is 18.7. The Kier molecular flexibility index (Phi) is 8.24. The summed E-state index contributed by atoms with van der Waals surface area (Å²) in [5, 5.41) is 3.04. The average Bonchev–Trinajstić information content (AvgIpc) is 2.78. The summed E-state index contributed by atoms with van der Waals surface area (Å²) in [6.07, 6.45) is 4.52. The maximum absolute atomic E-state index is 12.9. The molecule has 31 heavy (non-hydrogen) atoms. The van der Waals surface area contributed by atoms with Crippen LogP contribution in [-0.2, 0) is 14.8 Å². The van der Waals surface area contributed by atoms with E-state index in [9.17, 15) is 18.0 Å². The highest BCUT2D eigenvalue weighted by Crippen LogP contribution is 2.24. The van der Waals surface area contributed by atoms with Crippen molar-refractivity contribution in [3.8, 4) is 0 Å². The van der Waals surface area contributed by atoms with E-state index in [1.54, 1.807) is 12.1 Å². The van der Waals surface area contributed by atoms with Crippen molar-refractivity contribution in [2.45, 2.75) is 50.8 Å². The summed E-state index contributed by atoms with van der Waals surface area (Å²) in [5.41, 5.74) is 0.490. The van der Waals surface area contributed by atoms with Gasteiger partial charge in [-0.3, -0.25) is 9.59 Å². The topological polar surface area (TPSA) is 86.8 Å². The monoisotopic (exact) mass is 449 g/mol. The zero-order chi connectivity index (χ0) is 22.4. The highest BCUT2D eigenvalue weighted by molar-refractivity contribution is 7.89. The summed E-state index contributed by atoms with van der Waals surface area (Å²) in [5.74, 6) is 0.629. The van der Waals surface area contributed by atoms with E-state index in [4.69, 9.17) is 0 Å². The number of carbonyl (C=O) groups excluding carboxylic acids is 2. The molecule has 0 aromatic heterocycles. The predicted molar refractivity (Wildman–Crippen MR) is 120 cm³/mol. The second kappa shape index (κ2) is 10.7. The molecule has 172 valence electrons. The fourth-order valence-electron chi connectivity index (χ4n) is 4.31. The maximum Gasteiger partial charge on any atom is 0.243 e. The largest absolute Gasteiger partial charge is 0.356 e. The third-order valence-corrected chi connectivity index (χ3v) is 8.46. The maximum atomic E-state index is 12.9. The summed E-state index contributed by atoms with van der Waals surface area (Å²) < 4.78 is 27.2. The van der Waals surface area contributed by atoms with E-state index in [-0.39, 0.29) is 22.5 Å². The van der Waals surface area contributed by atoms with Crippen LogP contribution in [0.1, 0.15) is 56.3 Å². The number of Topliss-reactive ketones (excluding diaryl/α,β-unsaturated/α-hetero) is 1. The Balaban J connectivity index is 1.41. The lowest BCUT2D eigenvalue weighted by Crippen LogP contribution is -2.43. The van der Waals surface area contributed by atoms with Gasteiger partial charge in [0.1, 0.15) is 0 Å². The van der Waals surface area contributed by atoms with Gasteiger partial charge < -0.3 is 10.2 Å². The van der Waals surface area contributed by atoms with Gasteiger partial charge in [-0.1, -0.05) is 19.1 Å². The lowest BCUT2D eigenvalue weighted by molar-refractivity contribution is -0.126. The lowest BCUT2D eigenvalue weighted by atomic mass is 9.97. The summed E-state index contributed by atoms with van der Waals surface area (Å²) in [4.78, 5) is 26.5. The third kappa shape index (κ3) is 6.37. The van der Waals surface area contributed by atoms with Crippen molar-refractivity contribution in [2.24, 2.45) is 11.8 Å². The van der Waals surface area contributed by atoms with Gasteiger partial charge in [-0.15, -0.1) is 0 Å². The number of piperidine rings is 2. The molecule has 8 heteroatoms. The first-order chi connectivity index (χ1) is 14.8. The molecule has 0 aliphatic carbocycles. The number of hydrogen-bond acceptors (Lipinski definition) is 5. The van der Waals surface area contributed by atoms with Gasteiger partial charge >= 0.3 is 0 Å². The van der Waals surface area contributed by atoms with Crippen LogP contribution >= 0.6 is 0 Å². The number of sulfonamides is 1. The van der Waals surface area contributed by atoms with Crippen LogP contribution in [0, 0.1) is 11.8 Å².